The summed E-state index contributed by atoms with van der Waals surface area (Å²) >= 11 is 0. The lowest BCUT2D eigenvalue weighted by molar-refractivity contribution is 0.618. The third kappa shape index (κ3) is 3.56. The van der Waals surface area contributed by atoms with Crippen molar-refractivity contribution in [3.8, 4) is 17.2 Å². The predicted molar refractivity (Wildman–Crippen MR) is 112 cm³/mol. The zero-order valence-corrected chi connectivity index (χ0v) is 15.8. The topological polar surface area (TPSA) is 109 Å². The van der Waals surface area contributed by atoms with Crippen LogP contribution in [0.25, 0.3) is 16.6 Å². The normalized spacial score (nSPS) is 10.7. The second kappa shape index (κ2) is 8.01. The van der Waals surface area contributed by atoms with Gasteiger partial charge in [0.05, 0.1) is 5.56 Å². The molecule has 0 fully saturated rings. The number of nitrogens with zero attached hydrogens (tertiary/aromatic N) is 4. The molecule has 0 amide bonds. The van der Waals surface area contributed by atoms with Crippen LogP contribution in [0, 0.1) is 17.1 Å². The van der Waals surface area contributed by atoms with Crippen molar-refractivity contribution in [2.45, 2.75) is 6.42 Å². The third-order valence-corrected chi connectivity index (χ3v) is 4.76. The van der Waals surface area contributed by atoms with Crippen molar-refractivity contribution in [3.05, 3.63) is 88.4 Å². The first-order valence-corrected chi connectivity index (χ1v) is 9.22. The van der Waals surface area contributed by atoms with E-state index in [2.05, 4.69) is 15.3 Å². The van der Waals surface area contributed by atoms with E-state index in [9.17, 15) is 14.4 Å². The van der Waals surface area contributed by atoms with Gasteiger partial charge in [0, 0.05) is 18.3 Å². The highest BCUT2D eigenvalue weighted by molar-refractivity contribution is 5.70. The Labute approximate surface area is 171 Å². The van der Waals surface area contributed by atoms with Gasteiger partial charge in [0.2, 0.25) is 0 Å². The van der Waals surface area contributed by atoms with Crippen molar-refractivity contribution in [2.75, 3.05) is 17.6 Å². The summed E-state index contributed by atoms with van der Waals surface area (Å²) in [5, 5.41) is 12.3. The Morgan fingerprint density at radius 1 is 1.17 bits per heavy atom. The number of rotatable bonds is 5. The average molecular weight is 400 g/mol. The maximum atomic E-state index is 13.7. The highest BCUT2D eigenvalue weighted by atomic mass is 19.1. The standard InChI is InChI=1S/C22H17FN6O/c23-16-6-7-17-10-15(8-9-26-21-18(11-24)20(25)27-13-28-21)19(22(30)29(17)12-16)14-4-2-1-3-5-14/h1-7,10,12-13H,8-9H2,(H3,25,26,27,28). The molecule has 0 spiro atoms. The number of hydrogen-bond donors (Lipinski definition) is 2. The van der Waals surface area contributed by atoms with Gasteiger partial charge < -0.3 is 11.1 Å². The van der Waals surface area contributed by atoms with Crippen LogP contribution in [0.1, 0.15) is 11.1 Å². The number of fused-ring (bicyclic) bond motifs is 1. The molecule has 7 nitrogen and oxygen atoms in total. The summed E-state index contributed by atoms with van der Waals surface area (Å²) in [6.45, 7) is 0.405. The summed E-state index contributed by atoms with van der Waals surface area (Å²) in [7, 11) is 0. The highest BCUT2D eigenvalue weighted by Gasteiger charge is 2.14. The van der Waals surface area contributed by atoms with Crippen molar-refractivity contribution >= 4 is 17.2 Å². The fraction of sp³-hybridized carbons (Fsp3) is 0.0909. The Balaban J connectivity index is 1.73. The Morgan fingerprint density at radius 3 is 2.73 bits per heavy atom. The Kier molecular flexibility index (Phi) is 5.09. The number of pyridine rings is 2. The molecular weight excluding hydrogens is 383 g/mol. The van der Waals surface area contributed by atoms with E-state index >= 15 is 0 Å². The predicted octanol–water partition coefficient (Wildman–Crippen LogP) is 3.00. The monoisotopic (exact) mass is 400 g/mol. The van der Waals surface area contributed by atoms with Gasteiger partial charge in [0.1, 0.15) is 35.4 Å². The minimum absolute atomic E-state index is 0.103. The number of halogens is 1. The SMILES string of the molecule is N#Cc1c(N)ncnc1NCCc1cc2ccc(F)cn2c(=O)c1-c1ccccc1. The van der Waals surface area contributed by atoms with Gasteiger partial charge in [-0.1, -0.05) is 30.3 Å². The third-order valence-electron chi connectivity index (χ3n) is 4.76. The molecule has 148 valence electrons. The van der Waals surface area contributed by atoms with Crippen LogP contribution in [-0.2, 0) is 6.42 Å². The molecule has 0 radical (unpaired) electrons. The molecule has 0 aliphatic rings. The maximum absolute atomic E-state index is 13.7. The van der Waals surface area contributed by atoms with Crippen LogP contribution in [0.5, 0.6) is 0 Å². The second-order valence-electron chi connectivity index (χ2n) is 6.63. The van der Waals surface area contributed by atoms with Crippen molar-refractivity contribution in [2.24, 2.45) is 0 Å². The molecule has 0 aliphatic carbocycles. The zero-order valence-electron chi connectivity index (χ0n) is 15.8. The summed E-state index contributed by atoms with van der Waals surface area (Å²) in [5.41, 5.74) is 8.25. The largest absolute Gasteiger partial charge is 0.382 e. The van der Waals surface area contributed by atoms with Crippen molar-refractivity contribution in [3.63, 3.8) is 0 Å². The molecule has 0 saturated heterocycles. The van der Waals surface area contributed by atoms with Gasteiger partial charge in [-0.2, -0.15) is 5.26 Å². The van der Waals surface area contributed by atoms with Crippen LogP contribution in [0.15, 0.2) is 65.8 Å². The number of nitrogen functional groups attached to an aromatic ring is 1. The van der Waals surface area contributed by atoms with Gasteiger partial charge in [-0.15, -0.1) is 0 Å². The number of nitrogens with two attached hydrogens (primary N) is 1. The molecule has 3 N–H and O–H groups in total. The van der Waals surface area contributed by atoms with Crippen LogP contribution in [-0.4, -0.2) is 20.9 Å². The molecule has 3 aromatic heterocycles. The summed E-state index contributed by atoms with van der Waals surface area (Å²) in [6, 6.07) is 16.0. The molecule has 0 unspecified atom stereocenters. The van der Waals surface area contributed by atoms with Gasteiger partial charge in [-0.05, 0) is 35.7 Å². The zero-order chi connectivity index (χ0) is 21.1. The summed E-state index contributed by atoms with van der Waals surface area (Å²) in [4.78, 5) is 21.1. The molecule has 8 heteroatoms. The molecule has 0 aliphatic heterocycles. The van der Waals surface area contributed by atoms with E-state index in [0.717, 1.165) is 11.1 Å². The Hall–Kier alpha value is -4.25. The molecule has 4 rings (SSSR count). The van der Waals surface area contributed by atoms with Gasteiger partial charge in [-0.3, -0.25) is 9.20 Å². The Morgan fingerprint density at radius 2 is 1.97 bits per heavy atom. The molecule has 3 heterocycles. The molecule has 1 aromatic carbocycles. The number of nitriles is 1. The number of aromatic nitrogens is 3. The van der Waals surface area contributed by atoms with E-state index in [1.807, 2.05) is 42.5 Å². The van der Waals surface area contributed by atoms with E-state index in [1.54, 1.807) is 6.07 Å². The smallest absolute Gasteiger partial charge is 0.263 e. The first-order chi connectivity index (χ1) is 14.6. The van der Waals surface area contributed by atoms with E-state index in [1.165, 1.54) is 23.0 Å². The van der Waals surface area contributed by atoms with Gasteiger partial charge in [-0.25, -0.2) is 14.4 Å². The first-order valence-electron chi connectivity index (χ1n) is 9.22. The number of nitrogens with one attached hydrogen (secondary N) is 1. The van der Waals surface area contributed by atoms with Crippen LogP contribution in [0.3, 0.4) is 0 Å². The van der Waals surface area contributed by atoms with Crippen LogP contribution in [0.4, 0.5) is 16.0 Å². The molecule has 0 bridgehead atoms. The van der Waals surface area contributed by atoms with Crippen LogP contribution in [0.2, 0.25) is 0 Å². The fourth-order valence-electron chi connectivity index (χ4n) is 3.36. The molecule has 0 saturated carbocycles. The van der Waals surface area contributed by atoms with Crippen LogP contribution >= 0.6 is 0 Å². The van der Waals surface area contributed by atoms with E-state index < -0.39 is 5.82 Å². The quantitative estimate of drug-likeness (QED) is 0.533. The fourth-order valence-corrected chi connectivity index (χ4v) is 3.36. The van der Waals surface area contributed by atoms with Gasteiger partial charge in [0.25, 0.3) is 5.56 Å². The number of anilines is 2. The van der Waals surface area contributed by atoms with E-state index in [-0.39, 0.29) is 16.9 Å². The van der Waals surface area contributed by atoms with Gasteiger partial charge in [0.15, 0.2) is 0 Å². The minimum atomic E-state index is -0.483. The number of hydrogen-bond acceptors (Lipinski definition) is 6. The van der Waals surface area contributed by atoms with E-state index in [4.69, 9.17) is 5.73 Å². The molecule has 0 atom stereocenters. The molecule has 4 aromatic rings. The number of benzene rings is 1. The van der Waals surface area contributed by atoms with Crippen molar-refractivity contribution in [1.29, 1.82) is 5.26 Å². The first kappa shape index (κ1) is 19.1. The molecule has 30 heavy (non-hydrogen) atoms. The average Bonchev–Trinajstić information content (AvgIpc) is 2.75. The van der Waals surface area contributed by atoms with Gasteiger partial charge >= 0.3 is 0 Å². The lowest BCUT2D eigenvalue weighted by atomic mass is 9.98. The summed E-state index contributed by atoms with van der Waals surface area (Å²) in [5.74, 6) is -0.0415. The second-order valence-corrected chi connectivity index (χ2v) is 6.63. The van der Waals surface area contributed by atoms with Crippen molar-refractivity contribution in [1.82, 2.24) is 14.4 Å². The van der Waals surface area contributed by atoms with E-state index in [0.29, 0.717) is 29.9 Å². The summed E-state index contributed by atoms with van der Waals surface area (Å²) in [6.07, 6.45) is 2.95. The minimum Gasteiger partial charge on any atom is -0.382 e. The Bertz CT molecular complexity index is 1330. The lowest BCUT2D eigenvalue weighted by Crippen LogP contribution is -2.20. The highest BCUT2D eigenvalue weighted by Crippen LogP contribution is 2.23. The maximum Gasteiger partial charge on any atom is 0.263 e. The lowest BCUT2D eigenvalue weighted by Gasteiger charge is -2.13. The van der Waals surface area contributed by atoms with Crippen molar-refractivity contribution < 1.29 is 4.39 Å². The summed E-state index contributed by atoms with van der Waals surface area (Å²) < 4.78 is 15.0. The van der Waals surface area contributed by atoms with Crippen LogP contribution < -0.4 is 16.6 Å². The molecular formula is C22H17FN6O.